The zero-order valence-corrected chi connectivity index (χ0v) is 17.0. The number of para-hydroxylation sites is 1. The van der Waals surface area contributed by atoms with Crippen LogP contribution in [0, 0.1) is 27.7 Å². The highest BCUT2D eigenvalue weighted by Gasteiger charge is 2.18. The van der Waals surface area contributed by atoms with Crippen molar-refractivity contribution in [2.24, 2.45) is 0 Å². The molecule has 0 radical (unpaired) electrons. The van der Waals surface area contributed by atoms with E-state index in [1.807, 2.05) is 63.2 Å². The monoisotopic (exact) mass is 394 g/mol. The molecule has 1 heterocycles. The van der Waals surface area contributed by atoms with Gasteiger partial charge in [0.25, 0.3) is 5.91 Å². The summed E-state index contributed by atoms with van der Waals surface area (Å²) >= 11 is 1.14. The Labute approximate surface area is 168 Å². The number of hydrogen-bond acceptors (Lipinski definition) is 4. The van der Waals surface area contributed by atoms with Gasteiger partial charge in [0.2, 0.25) is 0 Å². The van der Waals surface area contributed by atoms with E-state index in [9.17, 15) is 9.59 Å². The first-order valence-electron chi connectivity index (χ1n) is 8.83. The SMILES string of the molecule is Cc1ccc(NC(=O)Nc2nc(C)c(C(=O)Nc3c(C)cccc3C)s2)cc1. The van der Waals surface area contributed by atoms with E-state index < -0.39 is 6.03 Å². The third-order valence-electron chi connectivity index (χ3n) is 4.25. The van der Waals surface area contributed by atoms with E-state index >= 15 is 0 Å². The lowest BCUT2D eigenvalue weighted by Gasteiger charge is -2.10. The van der Waals surface area contributed by atoms with E-state index in [4.69, 9.17) is 0 Å². The van der Waals surface area contributed by atoms with Crippen molar-refractivity contribution in [2.45, 2.75) is 27.7 Å². The normalized spacial score (nSPS) is 10.4. The van der Waals surface area contributed by atoms with Crippen molar-refractivity contribution in [2.75, 3.05) is 16.0 Å². The summed E-state index contributed by atoms with van der Waals surface area (Å²) < 4.78 is 0. The molecule has 3 aromatic rings. The number of carbonyl (C=O) groups is 2. The maximum atomic E-state index is 12.7. The molecule has 0 aliphatic rings. The minimum atomic E-state index is -0.403. The number of nitrogens with zero attached hydrogens (tertiary/aromatic N) is 1. The minimum absolute atomic E-state index is 0.237. The molecule has 1 aromatic heterocycles. The zero-order chi connectivity index (χ0) is 20.3. The van der Waals surface area contributed by atoms with Gasteiger partial charge in [0, 0.05) is 11.4 Å². The van der Waals surface area contributed by atoms with Crippen molar-refractivity contribution in [3.8, 4) is 0 Å². The van der Waals surface area contributed by atoms with Crippen molar-refractivity contribution in [3.05, 3.63) is 69.7 Å². The Morgan fingerprint density at radius 3 is 2.14 bits per heavy atom. The van der Waals surface area contributed by atoms with E-state index in [-0.39, 0.29) is 5.91 Å². The molecule has 0 aliphatic carbocycles. The molecule has 6 nitrogen and oxygen atoms in total. The van der Waals surface area contributed by atoms with Crippen LogP contribution in [0.25, 0.3) is 0 Å². The summed E-state index contributed by atoms with van der Waals surface area (Å²) in [6, 6.07) is 12.9. The predicted octanol–water partition coefficient (Wildman–Crippen LogP) is 5.27. The van der Waals surface area contributed by atoms with Crippen LogP contribution < -0.4 is 16.0 Å². The number of aryl methyl sites for hydroxylation is 4. The first-order chi connectivity index (χ1) is 13.3. The Bertz CT molecular complexity index is 1010. The molecule has 0 bridgehead atoms. The highest BCUT2D eigenvalue weighted by atomic mass is 32.1. The molecule has 0 atom stereocenters. The van der Waals surface area contributed by atoms with Crippen LogP contribution in [0.5, 0.6) is 0 Å². The molecule has 0 aliphatic heterocycles. The second-order valence-electron chi connectivity index (χ2n) is 6.60. The lowest BCUT2D eigenvalue weighted by Crippen LogP contribution is -2.19. The van der Waals surface area contributed by atoms with Gasteiger partial charge in [-0.05, 0) is 51.0 Å². The number of hydrogen-bond donors (Lipinski definition) is 3. The van der Waals surface area contributed by atoms with Gasteiger partial charge in [-0.15, -0.1) is 0 Å². The van der Waals surface area contributed by atoms with Gasteiger partial charge in [0.1, 0.15) is 4.88 Å². The number of benzene rings is 2. The number of urea groups is 1. The Balaban J connectivity index is 1.69. The van der Waals surface area contributed by atoms with E-state index in [1.54, 1.807) is 6.92 Å². The summed E-state index contributed by atoms with van der Waals surface area (Å²) in [7, 11) is 0. The van der Waals surface area contributed by atoms with Crippen LogP contribution in [-0.4, -0.2) is 16.9 Å². The van der Waals surface area contributed by atoms with Crippen molar-refractivity contribution in [3.63, 3.8) is 0 Å². The average molecular weight is 395 g/mol. The summed E-state index contributed by atoms with van der Waals surface area (Å²) in [5.41, 5.74) is 5.15. The Morgan fingerprint density at radius 1 is 0.857 bits per heavy atom. The van der Waals surface area contributed by atoms with E-state index in [0.717, 1.165) is 33.7 Å². The summed E-state index contributed by atoms with van der Waals surface area (Å²) in [6.07, 6.45) is 0. The maximum Gasteiger partial charge on any atom is 0.325 e. The van der Waals surface area contributed by atoms with Crippen molar-refractivity contribution < 1.29 is 9.59 Å². The molecule has 0 spiro atoms. The van der Waals surface area contributed by atoms with Gasteiger partial charge in [-0.3, -0.25) is 10.1 Å². The number of amides is 3. The second kappa shape index (κ2) is 8.22. The highest BCUT2D eigenvalue weighted by molar-refractivity contribution is 7.17. The smallest absolute Gasteiger partial charge is 0.321 e. The largest absolute Gasteiger partial charge is 0.325 e. The number of thiazole rings is 1. The van der Waals surface area contributed by atoms with Crippen molar-refractivity contribution >= 4 is 39.8 Å². The minimum Gasteiger partial charge on any atom is -0.321 e. The van der Waals surface area contributed by atoms with Gasteiger partial charge in [0.15, 0.2) is 5.13 Å². The third-order valence-corrected chi connectivity index (χ3v) is 5.32. The summed E-state index contributed by atoms with van der Waals surface area (Å²) in [5, 5.41) is 8.75. The van der Waals surface area contributed by atoms with E-state index in [2.05, 4.69) is 20.9 Å². The number of nitrogens with one attached hydrogen (secondary N) is 3. The Morgan fingerprint density at radius 2 is 1.50 bits per heavy atom. The molecule has 0 saturated heterocycles. The maximum absolute atomic E-state index is 12.7. The van der Waals surface area contributed by atoms with Gasteiger partial charge in [-0.2, -0.15) is 0 Å². The molecule has 0 saturated carbocycles. The summed E-state index contributed by atoms with van der Waals surface area (Å²) in [5.74, 6) is -0.237. The molecular weight excluding hydrogens is 372 g/mol. The van der Waals surface area contributed by atoms with Gasteiger partial charge in [0.05, 0.1) is 5.69 Å². The lowest BCUT2D eigenvalue weighted by molar-refractivity contribution is 0.102. The quantitative estimate of drug-likeness (QED) is 0.563. The standard InChI is InChI=1S/C21H22N4O2S/c1-12-8-10-16(11-9-12)23-20(27)25-21-22-15(4)18(28-21)19(26)24-17-13(2)6-5-7-14(17)3/h5-11H,1-4H3,(H,24,26)(H2,22,23,25,27). The van der Waals surface area contributed by atoms with E-state index in [0.29, 0.717) is 21.4 Å². The van der Waals surface area contributed by atoms with Crippen LogP contribution in [0.3, 0.4) is 0 Å². The fourth-order valence-electron chi connectivity index (χ4n) is 2.74. The summed E-state index contributed by atoms with van der Waals surface area (Å²) in [4.78, 5) is 29.6. The van der Waals surface area contributed by atoms with Crippen LogP contribution in [0.15, 0.2) is 42.5 Å². The van der Waals surface area contributed by atoms with Crippen molar-refractivity contribution in [1.29, 1.82) is 0 Å². The molecule has 28 heavy (non-hydrogen) atoms. The van der Waals surface area contributed by atoms with Gasteiger partial charge in [-0.1, -0.05) is 47.2 Å². The average Bonchev–Trinajstić information content (AvgIpc) is 3.00. The van der Waals surface area contributed by atoms with Crippen LogP contribution in [0.4, 0.5) is 21.3 Å². The number of anilines is 3. The first-order valence-corrected chi connectivity index (χ1v) is 9.65. The Kier molecular flexibility index (Phi) is 5.75. The Hall–Kier alpha value is -3.19. The molecule has 2 aromatic carbocycles. The van der Waals surface area contributed by atoms with Gasteiger partial charge >= 0.3 is 6.03 Å². The fraction of sp³-hybridized carbons (Fsp3) is 0.190. The first kappa shape index (κ1) is 19.6. The number of rotatable bonds is 4. The fourth-order valence-corrected chi connectivity index (χ4v) is 3.60. The number of aromatic nitrogens is 1. The molecule has 0 unspecified atom stereocenters. The molecule has 0 fully saturated rings. The molecule has 3 rings (SSSR count). The molecule has 144 valence electrons. The molecular formula is C21H22N4O2S. The van der Waals surface area contributed by atoms with E-state index in [1.165, 1.54) is 0 Å². The predicted molar refractivity (Wildman–Crippen MR) is 115 cm³/mol. The van der Waals surface area contributed by atoms with Gasteiger partial charge in [-0.25, -0.2) is 9.78 Å². The van der Waals surface area contributed by atoms with Crippen LogP contribution >= 0.6 is 11.3 Å². The molecule has 3 amide bonds. The van der Waals surface area contributed by atoms with Crippen LogP contribution in [0.2, 0.25) is 0 Å². The topological polar surface area (TPSA) is 83.1 Å². The van der Waals surface area contributed by atoms with Crippen LogP contribution in [0.1, 0.15) is 32.1 Å². The van der Waals surface area contributed by atoms with Crippen LogP contribution in [-0.2, 0) is 0 Å². The van der Waals surface area contributed by atoms with Crippen molar-refractivity contribution in [1.82, 2.24) is 4.98 Å². The highest BCUT2D eigenvalue weighted by Crippen LogP contribution is 2.26. The third kappa shape index (κ3) is 4.55. The molecule has 3 N–H and O–H groups in total. The lowest BCUT2D eigenvalue weighted by atomic mass is 10.1. The zero-order valence-electron chi connectivity index (χ0n) is 16.2. The second-order valence-corrected chi connectivity index (χ2v) is 7.60. The summed E-state index contributed by atoms with van der Waals surface area (Å²) in [6.45, 7) is 7.63. The number of carbonyl (C=O) groups excluding carboxylic acids is 2. The molecule has 7 heteroatoms. The van der Waals surface area contributed by atoms with Gasteiger partial charge < -0.3 is 10.6 Å².